The summed E-state index contributed by atoms with van der Waals surface area (Å²) in [6.07, 6.45) is -0.235. The number of thioether (sulfide) groups is 1. The monoisotopic (exact) mass is 714 g/mol. The molecule has 13 nitrogen and oxygen atoms in total. The summed E-state index contributed by atoms with van der Waals surface area (Å²) >= 11 is 1.05. The van der Waals surface area contributed by atoms with E-state index in [9.17, 15) is 39.0 Å². The van der Waals surface area contributed by atoms with Crippen LogP contribution in [0.15, 0.2) is 103 Å². The number of nitrogens with zero attached hydrogens (tertiary/aromatic N) is 1. The first-order valence-corrected chi connectivity index (χ1v) is 16.6. The molecule has 5 rings (SSSR count). The molecular formula is C37H34N2O11S. The topological polar surface area (TPSA) is 195 Å². The third-order valence-electron chi connectivity index (χ3n) is 7.28. The summed E-state index contributed by atoms with van der Waals surface area (Å²) in [6.45, 7) is 2.67. The van der Waals surface area contributed by atoms with Gasteiger partial charge in [-0.25, -0.2) is 19.2 Å². The minimum absolute atomic E-state index is 0.0253. The van der Waals surface area contributed by atoms with E-state index in [1.54, 1.807) is 12.1 Å². The predicted molar refractivity (Wildman–Crippen MR) is 184 cm³/mol. The Labute approximate surface area is 297 Å². The van der Waals surface area contributed by atoms with Crippen LogP contribution in [0.1, 0.15) is 44.5 Å². The van der Waals surface area contributed by atoms with Crippen LogP contribution in [0.4, 0.5) is 4.79 Å². The second kappa shape index (κ2) is 18.7. The normalized spacial score (nSPS) is 14.6. The number of carboxylic acids is 2. The predicted octanol–water partition coefficient (Wildman–Crippen LogP) is 4.77. The van der Waals surface area contributed by atoms with Crippen molar-refractivity contribution in [1.29, 1.82) is 0 Å². The number of carboxylic acid groups (broad SMARTS) is 2. The first-order valence-electron chi connectivity index (χ1n) is 15.7. The molecule has 2 amide bonds. The van der Waals surface area contributed by atoms with Gasteiger partial charge in [-0.3, -0.25) is 19.9 Å². The SMILES string of the molecule is CCc1ccc(CCOc2ccc(CC3SC(=O)NC3=O)cc2)nc1.O=C(O[C@H](C(=O)O)[C@@H](OC(=O)c1ccccc1)C(=O)O)c1ccccc1. The zero-order chi connectivity index (χ0) is 36.8. The number of pyridine rings is 1. The fourth-order valence-electron chi connectivity index (χ4n) is 4.55. The number of aryl methyl sites for hydroxylation is 1. The maximum Gasteiger partial charge on any atom is 0.349 e. The summed E-state index contributed by atoms with van der Waals surface area (Å²) in [4.78, 5) is 74.0. The average Bonchev–Trinajstić information content (AvgIpc) is 3.46. The highest BCUT2D eigenvalue weighted by Gasteiger charge is 2.41. The maximum absolute atomic E-state index is 12.0. The molecule has 3 aromatic carbocycles. The molecule has 1 aliphatic heterocycles. The van der Waals surface area contributed by atoms with Gasteiger partial charge in [-0.1, -0.05) is 73.3 Å². The second-order valence-corrected chi connectivity index (χ2v) is 12.1. The number of carbonyl (C=O) groups is 6. The van der Waals surface area contributed by atoms with Crippen LogP contribution in [0.2, 0.25) is 0 Å². The highest BCUT2D eigenvalue weighted by Crippen LogP contribution is 2.24. The van der Waals surface area contributed by atoms with E-state index < -0.39 is 36.1 Å². The van der Waals surface area contributed by atoms with Gasteiger partial charge in [0.1, 0.15) is 5.75 Å². The van der Waals surface area contributed by atoms with Crippen molar-refractivity contribution in [2.75, 3.05) is 6.61 Å². The smallest absolute Gasteiger partial charge is 0.349 e. The Balaban J connectivity index is 0.000000229. The second-order valence-electron chi connectivity index (χ2n) is 10.9. The lowest BCUT2D eigenvalue weighted by molar-refractivity contribution is -0.166. The Morgan fingerprint density at radius 1 is 0.765 bits per heavy atom. The molecule has 1 aromatic heterocycles. The van der Waals surface area contributed by atoms with Crippen molar-refractivity contribution in [3.8, 4) is 5.75 Å². The van der Waals surface area contributed by atoms with Crippen LogP contribution < -0.4 is 10.1 Å². The van der Waals surface area contributed by atoms with E-state index in [1.165, 1.54) is 54.1 Å². The Morgan fingerprint density at radius 2 is 1.29 bits per heavy atom. The molecule has 14 heteroatoms. The van der Waals surface area contributed by atoms with Crippen LogP contribution in [-0.4, -0.2) is 74.3 Å². The van der Waals surface area contributed by atoms with Crippen LogP contribution in [0.25, 0.3) is 0 Å². The molecule has 0 spiro atoms. The molecule has 3 N–H and O–H groups in total. The lowest BCUT2D eigenvalue weighted by Gasteiger charge is -2.21. The fraction of sp³-hybridized carbons (Fsp3) is 0.216. The van der Waals surface area contributed by atoms with Gasteiger partial charge < -0.3 is 24.4 Å². The van der Waals surface area contributed by atoms with Gasteiger partial charge in [0, 0.05) is 18.3 Å². The standard InChI is InChI=1S/C19H20N2O3S.C18H14O8/c1-2-13-3-6-15(20-12-13)9-10-24-16-7-4-14(5-8-16)11-17-18(22)21-19(23)25-17;19-15(20)13(25-17(23)11-7-3-1-4-8-11)14(16(21)22)26-18(24)12-9-5-2-6-10-12/h3-8,12,17H,2,9-11H2,1H3,(H,21,22,23);1-10,13-14H,(H,19,20)(H,21,22)/t;13-,14+. The number of rotatable bonds is 14. The molecule has 2 heterocycles. The highest BCUT2D eigenvalue weighted by molar-refractivity contribution is 8.15. The first kappa shape index (κ1) is 37.8. The minimum atomic E-state index is -2.21. The number of benzene rings is 3. The van der Waals surface area contributed by atoms with Gasteiger partial charge in [0.15, 0.2) is 0 Å². The van der Waals surface area contributed by atoms with Crippen LogP contribution in [0.3, 0.4) is 0 Å². The molecule has 3 atom stereocenters. The van der Waals surface area contributed by atoms with Gasteiger partial charge in [0.2, 0.25) is 18.1 Å². The molecule has 1 unspecified atom stereocenters. The molecule has 264 valence electrons. The summed E-state index contributed by atoms with van der Waals surface area (Å²) in [7, 11) is 0. The van der Waals surface area contributed by atoms with Crippen molar-refractivity contribution in [2.45, 2.75) is 43.6 Å². The number of hydrogen-bond acceptors (Lipinski definition) is 11. The van der Waals surface area contributed by atoms with E-state index in [0.29, 0.717) is 13.0 Å². The van der Waals surface area contributed by atoms with E-state index in [2.05, 4.69) is 23.3 Å². The van der Waals surface area contributed by atoms with Gasteiger partial charge in [-0.05, 0) is 66.4 Å². The van der Waals surface area contributed by atoms with E-state index in [1.807, 2.05) is 36.5 Å². The number of aliphatic carboxylic acids is 2. The Morgan fingerprint density at radius 3 is 1.73 bits per heavy atom. The zero-order valence-corrected chi connectivity index (χ0v) is 28.1. The number of imide groups is 1. The van der Waals surface area contributed by atoms with E-state index in [4.69, 9.17) is 14.2 Å². The maximum atomic E-state index is 12.0. The van der Waals surface area contributed by atoms with E-state index in [-0.39, 0.29) is 27.5 Å². The molecule has 1 aliphatic rings. The number of carbonyl (C=O) groups excluding carboxylic acids is 4. The molecule has 51 heavy (non-hydrogen) atoms. The zero-order valence-electron chi connectivity index (χ0n) is 27.3. The van der Waals surface area contributed by atoms with Gasteiger partial charge in [0.25, 0.3) is 5.24 Å². The van der Waals surface area contributed by atoms with Crippen LogP contribution >= 0.6 is 11.8 Å². The number of esters is 2. The number of nitrogens with one attached hydrogen (secondary N) is 1. The summed E-state index contributed by atoms with van der Waals surface area (Å²) in [5, 5.41) is 20.2. The Hall–Kier alpha value is -6.02. The summed E-state index contributed by atoms with van der Waals surface area (Å²) in [5.41, 5.74) is 3.31. The summed E-state index contributed by atoms with van der Waals surface area (Å²) in [6, 6.07) is 26.6. The average molecular weight is 715 g/mol. The van der Waals surface area contributed by atoms with Crippen molar-refractivity contribution < 1.29 is 53.2 Å². The molecule has 1 fully saturated rings. The fourth-order valence-corrected chi connectivity index (χ4v) is 5.41. The molecule has 1 saturated heterocycles. The van der Waals surface area contributed by atoms with Gasteiger partial charge in [-0.2, -0.15) is 0 Å². The van der Waals surface area contributed by atoms with Gasteiger partial charge in [-0.15, -0.1) is 0 Å². The molecule has 0 aliphatic carbocycles. The number of ether oxygens (including phenoxy) is 3. The molecule has 0 radical (unpaired) electrons. The first-order chi connectivity index (χ1) is 24.5. The van der Waals surface area contributed by atoms with Crippen molar-refractivity contribution in [3.05, 3.63) is 131 Å². The minimum Gasteiger partial charge on any atom is -0.493 e. The summed E-state index contributed by atoms with van der Waals surface area (Å²) < 4.78 is 15.3. The number of amides is 2. The van der Waals surface area contributed by atoms with Crippen LogP contribution in [0, 0.1) is 0 Å². The third-order valence-corrected chi connectivity index (χ3v) is 8.26. The molecule has 0 bridgehead atoms. The van der Waals surface area contributed by atoms with Crippen LogP contribution in [0.5, 0.6) is 5.75 Å². The van der Waals surface area contributed by atoms with Gasteiger partial charge in [0.05, 0.1) is 23.0 Å². The molecule has 4 aromatic rings. The molecule has 0 saturated carbocycles. The summed E-state index contributed by atoms with van der Waals surface area (Å²) in [5.74, 6) is -5.06. The largest absolute Gasteiger partial charge is 0.493 e. The van der Waals surface area contributed by atoms with E-state index in [0.717, 1.165) is 41.6 Å². The van der Waals surface area contributed by atoms with Crippen molar-refractivity contribution in [2.24, 2.45) is 0 Å². The highest BCUT2D eigenvalue weighted by atomic mass is 32.2. The molecular weight excluding hydrogens is 680 g/mol. The van der Waals surface area contributed by atoms with Crippen molar-refractivity contribution in [1.82, 2.24) is 10.3 Å². The lowest BCUT2D eigenvalue weighted by Crippen LogP contribution is -2.45. The van der Waals surface area contributed by atoms with Crippen LogP contribution in [-0.2, 0) is 43.1 Å². The number of hydrogen-bond donors (Lipinski definition) is 3. The third kappa shape index (κ3) is 11.5. The van der Waals surface area contributed by atoms with E-state index >= 15 is 0 Å². The lowest BCUT2D eigenvalue weighted by atomic mass is 10.1. The van der Waals surface area contributed by atoms with Crippen molar-refractivity contribution >= 4 is 46.8 Å². The Kier molecular flexibility index (Phi) is 13.8. The quantitative estimate of drug-likeness (QED) is 0.151. The van der Waals surface area contributed by atoms with Gasteiger partial charge >= 0.3 is 23.9 Å². The van der Waals surface area contributed by atoms with Crippen molar-refractivity contribution in [3.63, 3.8) is 0 Å². The Bertz CT molecular complexity index is 1750. The number of aromatic nitrogens is 1.